The van der Waals surface area contributed by atoms with Crippen molar-refractivity contribution in [3.63, 3.8) is 0 Å². The molecule has 2 nitrogen and oxygen atoms in total. The second-order valence-corrected chi connectivity index (χ2v) is 1.14. The Morgan fingerprint density at radius 2 is 0.917 bits per heavy atom. The van der Waals surface area contributed by atoms with E-state index in [0.29, 0.717) is 0 Å². The Balaban J connectivity index is -0.000000101. The van der Waals surface area contributed by atoms with Gasteiger partial charge in [-0.1, -0.05) is 38.5 Å². The van der Waals surface area contributed by atoms with Crippen LogP contribution in [0.3, 0.4) is 0 Å². The van der Waals surface area contributed by atoms with Crippen LogP contribution in [-0.4, -0.2) is 0 Å². The highest BCUT2D eigenvalue weighted by Gasteiger charge is 1.34. The summed E-state index contributed by atoms with van der Waals surface area (Å²) >= 11 is 0. The van der Waals surface area contributed by atoms with Crippen molar-refractivity contribution in [2.45, 2.75) is 0 Å². The number of allylic oxidation sites excluding steroid dienone is 4. The topological polar surface area (TPSA) is 47.6 Å². The van der Waals surface area contributed by atoms with Crippen molar-refractivity contribution in [3.8, 4) is 12.1 Å². The lowest BCUT2D eigenvalue weighted by Crippen LogP contribution is -1.23. The van der Waals surface area contributed by atoms with Crippen molar-refractivity contribution in [2.24, 2.45) is 0 Å². The maximum Gasteiger partial charge on any atom is 0.0905 e. The molecule has 0 aliphatic rings. The average Bonchev–Trinajstić information content (AvgIpc) is 2.18. The van der Waals surface area contributed by atoms with Crippen LogP contribution in [0.2, 0.25) is 0 Å². The summed E-state index contributed by atoms with van der Waals surface area (Å²) in [5.41, 5.74) is 0. The van der Waals surface area contributed by atoms with Gasteiger partial charge in [-0.3, -0.25) is 0 Å². The van der Waals surface area contributed by atoms with E-state index in [4.69, 9.17) is 10.5 Å². The Labute approximate surface area is 74.1 Å². The fourth-order valence-electron chi connectivity index (χ4n) is 0. The molecule has 0 amide bonds. The number of hydrogen-bond donors (Lipinski definition) is 0. The van der Waals surface area contributed by atoms with Gasteiger partial charge in [0.15, 0.2) is 0 Å². The van der Waals surface area contributed by atoms with Gasteiger partial charge in [-0.05, 0) is 0 Å². The quantitative estimate of drug-likeness (QED) is 0.437. The molecule has 0 aromatic heterocycles. The first-order valence-electron chi connectivity index (χ1n) is 2.99. The molecule has 0 spiro atoms. The molecule has 12 heavy (non-hydrogen) atoms. The third-order valence-electron chi connectivity index (χ3n) is 0.349. The molecule has 0 N–H and O–H groups in total. The summed E-state index contributed by atoms with van der Waals surface area (Å²) in [6, 6.07) is 3.39. The van der Waals surface area contributed by atoms with Gasteiger partial charge in [0.05, 0.1) is 12.1 Å². The van der Waals surface area contributed by atoms with Crippen LogP contribution in [0.1, 0.15) is 0 Å². The molecule has 0 aromatic rings. The maximum atomic E-state index is 7.51. The van der Waals surface area contributed by atoms with Crippen LogP contribution in [-0.2, 0) is 0 Å². The van der Waals surface area contributed by atoms with Crippen molar-refractivity contribution >= 4 is 0 Å². The Morgan fingerprint density at radius 3 is 0.917 bits per heavy atom. The molecular weight excluding hydrogens is 148 g/mol. The molecule has 0 unspecified atom stereocenters. The molecular formula is C10H12N2. The summed E-state index contributed by atoms with van der Waals surface area (Å²) < 4.78 is 0. The number of hydrogen-bond acceptors (Lipinski definition) is 2. The van der Waals surface area contributed by atoms with E-state index in [0.717, 1.165) is 0 Å². The largest absolute Gasteiger partial charge is 0.193 e. The van der Waals surface area contributed by atoms with Crippen molar-refractivity contribution in [1.82, 2.24) is 0 Å². The van der Waals surface area contributed by atoms with Gasteiger partial charge in [0.25, 0.3) is 0 Å². The van der Waals surface area contributed by atoms with Gasteiger partial charge in [0, 0.05) is 12.2 Å². The highest BCUT2D eigenvalue weighted by molar-refractivity contribution is 4.94. The summed E-state index contributed by atoms with van der Waals surface area (Å²) in [4.78, 5) is 0. The lowest BCUT2D eigenvalue weighted by molar-refractivity contribution is 1.54. The zero-order chi connectivity index (χ0) is 10.2. The number of nitriles is 2. The fourth-order valence-corrected chi connectivity index (χ4v) is 0. The summed E-state index contributed by atoms with van der Waals surface area (Å²) in [6.07, 6.45) is 5.64. The normalized spacial score (nSPS) is 4.17. The SMILES string of the molecule is C=CC#N.C=CC#N.C=CC=C. The molecule has 0 aliphatic carbocycles. The van der Waals surface area contributed by atoms with Gasteiger partial charge >= 0.3 is 0 Å². The summed E-state index contributed by atoms with van der Waals surface area (Å²) in [7, 11) is 0. The zero-order valence-corrected chi connectivity index (χ0v) is 7.03. The molecule has 2 heteroatoms. The highest BCUT2D eigenvalue weighted by atomic mass is 14.2. The second kappa shape index (κ2) is 36.3. The maximum absolute atomic E-state index is 7.51. The van der Waals surface area contributed by atoms with Crippen LogP contribution in [0.25, 0.3) is 0 Å². The van der Waals surface area contributed by atoms with Crippen LogP contribution < -0.4 is 0 Å². The zero-order valence-electron chi connectivity index (χ0n) is 7.03. The predicted molar refractivity (Wildman–Crippen MR) is 52.0 cm³/mol. The van der Waals surface area contributed by atoms with Gasteiger partial charge in [0.1, 0.15) is 0 Å². The standard InChI is InChI=1S/C4H6.2C3H3N/c1-3-4-2;2*1-2-3-4/h3-4H,1-2H2;2*2H,1H2. The minimum Gasteiger partial charge on any atom is -0.193 e. The van der Waals surface area contributed by atoms with Crippen LogP contribution in [0.4, 0.5) is 0 Å². The predicted octanol–water partition coefficient (Wildman–Crippen LogP) is 2.75. The molecule has 0 bridgehead atoms. The minimum absolute atomic E-state index is 1.18. The van der Waals surface area contributed by atoms with Gasteiger partial charge in [0.2, 0.25) is 0 Å². The van der Waals surface area contributed by atoms with E-state index in [9.17, 15) is 0 Å². The smallest absolute Gasteiger partial charge is 0.0905 e. The van der Waals surface area contributed by atoms with Gasteiger partial charge < -0.3 is 0 Å². The van der Waals surface area contributed by atoms with Crippen molar-refractivity contribution in [2.75, 3.05) is 0 Å². The van der Waals surface area contributed by atoms with Gasteiger partial charge in [-0.25, -0.2) is 0 Å². The summed E-state index contributed by atoms with van der Waals surface area (Å²) in [5.74, 6) is 0. The average molecular weight is 160 g/mol. The Morgan fingerprint density at radius 1 is 0.750 bits per heavy atom. The van der Waals surface area contributed by atoms with Crippen molar-refractivity contribution in [3.05, 3.63) is 50.6 Å². The Hall–Kier alpha value is -2.06. The van der Waals surface area contributed by atoms with Crippen LogP contribution in [0.15, 0.2) is 50.6 Å². The van der Waals surface area contributed by atoms with E-state index in [-0.39, 0.29) is 0 Å². The van der Waals surface area contributed by atoms with E-state index in [1.54, 1.807) is 24.3 Å². The van der Waals surface area contributed by atoms with Crippen molar-refractivity contribution in [1.29, 1.82) is 10.5 Å². The van der Waals surface area contributed by atoms with Gasteiger partial charge in [-0.15, -0.1) is 0 Å². The molecule has 0 fully saturated rings. The van der Waals surface area contributed by atoms with E-state index in [1.807, 2.05) is 0 Å². The van der Waals surface area contributed by atoms with E-state index in [1.165, 1.54) is 12.2 Å². The third kappa shape index (κ3) is 433. The van der Waals surface area contributed by atoms with Crippen LogP contribution in [0.5, 0.6) is 0 Å². The lowest BCUT2D eigenvalue weighted by Gasteiger charge is -1.44. The molecule has 0 aromatic carbocycles. The molecule has 0 radical (unpaired) electrons. The first kappa shape index (κ1) is 16.5. The third-order valence-corrected chi connectivity index (χ3v) is 0.349. The number of nitrogens with zero attached hydrogens (tertiary/aromatic N) is 2. The first-order chi connectivity index (χ1) is 5.74. The number of rotatable bonds is 1. The molecule has 0 saturated carbocycles. The minimum atomic E-state index is 1.18. The Bertz CT molecular complexity index is 177. The monoisotopic (exact) mass is 160 g/mol. The van der Waals surface area contributed by atoms with Crippen molar-refractivity contribution < 1.29 is 0 Å². The van der Waals surface area contributed by atoms with Crippen LogP contribution in [0, 0.1) is 22.7 Å². The molecule has 0 heterocycles. The summed E-state index contributed by atoms with van der Waals surface area (Å²) in [5, 5.41) is 15.0. The van der Waals surface area contributed by atoms with E-state index in [2.05, 4.69) is 26.3 Å². The van der Waals surface area contributed by atoms with E-state index < -0.39 is 0 Å². The Kier molecular flexibility index (Phi) is 49.9. The van der Waals surface area contributed by atoms with Crippen LogP contribution >= 0.6 is 0 Å². The van der Waals surface area contributed by atoms with Gasteiger partial charge in [-0.2, -0.15) is 10.5 Å². The molecule has 0 aliphatic heterocycles. The molecule has 0 rings (SSSR count). The lowest BCUT2D eigenvalue weighted by atomic mass is 10.6. The molecule has 62 valence electrons. The molecule has 0 saturated heterocycles. The fraction of sp³-hybridized carbons (Fsp3) is 0. The van der Waals surface area contributed by atoms with E-state index >= 15 is 0 Å². The summed E-state index contributed by atoms with van der Waals surface area (Å²) in [6.45, 7) is 13.0. The first-order valence-corrected chi connectivity index (χ1v) is 2.99. The highest BCUT2D eigenvalue weighted by Crippen LogP contribution is 1.52. The second-order valence-electron chi connectivity index (χ2n) is 1.14. The molecule has 0 atom stereocenters.